The molecule has 1 saturated heterocycles. The van der Waals surface area contributed by atoms with Crippen LogP contribution in [0.5, 0.6) is 0 Å². The number of nitrogens with zero attached hydrogens (tertiary/aromatic N) is 3. The van der Waals surface area contributed by atoms with Crippen LogP contribution in [0.1, 0.15) is 29.2 Å². The van der Waals surface area contributed by atoms with Crippen molar-refractivity contribution in [3.63, 3.8) is 0 Å². The highest BCUT2D eigenvalue weighted by Crippen LogP contribution is 2.28. The van der Waals surface area contributed by atoms with Gasteiger partial charge < -0.3 is 14.6 Å². The zero-order chi connectivity index (χ0) is 18.8. The number of furan rings is 1. The Morgan fingerprint density at radius 2 is 2.00 bits per heavy atom. The molecule has 0 bridgehead atoms. The Hall–Kier alpha value is -3.42. The van der Waals surface area contributed by atoms with Crippen LogP contribution in [0.2, 0.25) is 0 Å². The van der Waals surface area contributed by atoms with Crippen LogP contribution >= 0.6 is 0 Å². The van der Waals surface area contributed by atoms with E-state index >= 15 is 0 Å². The maximum atomic E-state index is 12.6. The number of aromatic amines is 1. The second-order valence-corrected chi connectivity index (χ2v) is 6.51. The lowest BCUT2D eigenvalue weighted by Crippen LogP contribution is -2.39. The van der Waals surface area contributed by atoms with Gasteiger partial charge in [0.2, 0.25) is 5.91 Å². The number of nitrogens with one attached hydrogen (secondary N) is 2. The van der Waals surface area contributed by atoms with E-state index in [2.05, 4.69) is 20.5 Å². The minimum atomic E-state index is -0.252. The topological polar surface area (TPSA) is 104 Å². The van der Waals surface area contributed by atoms with E-state index in [1.165, 1.54) is 13.2 Å². The van der Waals surface area contributed by atoms with Crippen LogP contribution in [0.4, 0.5) is 0 Å². The van der Waals surface area contributed by atoms with Crippen molar-refractivity contribution in [1.29, 1.82) is 0 Å². The summed E-state index contributed by atoms with van der Waals surface area (Å²) in [5.41, 5.74) is 0.901. The molecule has 1 fully saturated rings. The fraction of sp³-hybridized carbons (Fsp3) is 0.263. The second kappa shape index (κ2) is 7.06. The molecule has 1 aliphatic heterocycles. The number of H-pyrrole nitrogens is 1. The van der Waals surface area contributed by atoms with Crippen molar-refractivity contribution in [2.24, 2.45) is 0 Å². The summed E-state index contributed by atoms with van der Waals surface area (Å²) < 4.78 is 5.21. The Balaban J connectivity index is 1.58. The predicted molar refractivity (Wildman–Crippen MR) is 96.8 cm³/mol. The van der Waals surface area contributed by atoms with E-state index < -0.39 is 0 Å². The molecule has 8 heteroatoms. The fourth-order valence-corrected chi connectivity index (χ4v) is 3.37. The molecule has 0 radical (unpaired) electrons. The molecule has 1 aromatic carbocycles. The van der Waals surface area contributed by atoms with Gasteiger partial charge in [-0.1, -0.05) is 30.3 Å². The Bertz CT molecular complexity index is 935. The first-order chi connectivity index (χ1) is 13.1. The predicted octanol–water partition coefficient (Wildman–Crippen LogP) is 1.81. The van der Waals surface area contributed by atoms with E-state index in [-0.39, 0.29) is 29.5 Å². The normalized spacial score (nSPS) is 19.2. The van der Waals surface area contributed by atoms with Crippen molar-refractivity contribution in [3.05, 3.63) is 60.3 Å². The highest BCUT2D eigenvalue weighted by atomic mass is 16.3. The molecular formula is C19H19N5O3. The molecule has 138 valence electrons. The number of likely N-dealkylation sites (tertiary alicyclic amines) is 1. The molecule has 8 nitrogen and oxygen atoms in total. The smallest absolute Gasteiger partial charge is 0.289 e. The third-order valence-corrected chi connectivity index (χ3v) is 4.61. The van der Waals surface area contributed by atoms with Crippen molar-refractivity contribution in [1.82, 2.24) is 25.4 Å². The van der Waals surface area contributed by atoms with E-state index in [0.717, 1.165) is 5.56 Å². The lowest BCUT2D eigenvalue weighted by atomic mass is 10.0. The van der Waals surface area contributed by atoms with Crippen molar-refractivity contribution in [2.75, 3.05) is 13.1 Å². The van der Waals surface area contributed by atoms with Crippen LogP contribution in [-0.2, 0) is 4.79 Å². The number of hydrogen-bond acceptors (Lipinski definition) is 5. The highest BCUT2D eigenvalue weighted by molar-refractivity contribution is 5.91. The summed E-state index contributed by atoms with van der Waals surface area (Å²) in [6.07, 6.45) is 1.47. The number of benzene rings is 1. The van der Waals surface area contributed by atoms with Gasteiger partial charge >= 0.3 is 0 Å². The minimum absolute atomic E-state index is 0.153. The molecule has 2 amide bonds. The van der Waals surface area contributed by atoms with Crippen LogP contribution in [-0.4, -0.2) is 51.0 Å². The Morgan fingerprint density at radius 3 is 2.70 bits per heavy atom. The molecule has 2 aromatic heterocycles. The van der Waals surface area contributed by atoms with Crippen LogP contribution in [0.25, 0.3) is 11.4 Å². The molecule has 0 saturated carbocycles. The van der Waals surface area contributed by atoms with E-state index in [9.17, 15) is 9.59 Å². The standard InChI is InChI=1S/C19H19N5O3/c1-12(25)20-15-11-24(19(26)16-8-5-9-27-16)10-14(15)18-21-17(22-23-18)13-6-3-2-4-7-13/h2-9,14-15H,10-11H2,1H3,(H,20,25)(H,21,22,23)/t14-,15-/m1/s1. The third kappa shape index (κ3) is 3.46. The first-order valence-corrected chi connectivity index (χ1v) is 8.69. The van der Waals surface area contributed by atoms with E-state index in [1.807, 2.05) is 30.3 Å². The van der Waals surface area contributed by atoms with Crippen molar-refractivity contribution >= 4 is 11.8 Å². The largest absolute Gasteiger partial charge is 0.459 e. The van der Waals surface area contributed by atoms with Crippen LogP contribution in [0.3, 0.4) is 0 Å². The number of carbonyl (C=O) groups excluding carboxylic acids is 2. The summed E-state index contributed by atoms with van der Waals surface area (Å²) in [5.74, 6) is 0.962. The summed E-state index contributed by atoms with van der Waals surface area (Å²) in [6, 6.07) is 12.7. The number of aromatic nitrogens is 3. The Labute approximate surface area is 155 Å². The Morgan fingerprint density at radius 1 is 1.19 bits per heavy atom. The number of hydrogen-bond donors (Lipinski definition) is 2. The van der Waals surface area contributed by atoms with Crippen molar-refractivity contribution < 1.29 is 14.0 Å². The van der Waals surface area contributed by atoms with Gasteiger partial charge in [0.25, 0.3) is 5.91 Å². The summed E-state index contributed by atoms with van der Waals surface area (Å²) in [5, 5.41) is 10.2. The van der Waals surface area contributed by atoms with Gasteiger partial charge in [0.1, 0.15) is 5.82 Å². The molecule has 0 aliphatic carbocycles. The van der Waals surface area contributed by atoms with Gasteiger partial charge in [0.15, 0.2) is 11.6 Å². The van der Waals surface area contributed by atoms with Gasteiger partial charge in [0, 0.05) is 25.6 Å². The van der Waals surface area contributed by atoms with Gasteiger partial charge in [-0.3, -0.25) is 14.7 Å². The lowest BCUT2D eigenvalue weighted by Gasteiger charge is -2.16. The molecule has 4 rings (SSSR count). The molecule has 27 heavy (non-hydrogen) atoms. The molecule has 3 heterocycles. The average molecular weight is 365 g/mol. The maximum Gasteiger partial charge on any atom is 0.289 e. The number of amides is 2. The number of rotatable bonds is 4. The summed E-state index contributed by atoms with van der Waals surface area (Å²) in [7, 11) is 0. The molecule has 0 spiro atoms. The minimum Gasteiger partial charge on any atom is -0.459 e. The fourth-order valence-electron chi connectivity index (χ4n) is 3.37. The third-order valence-electron chi connectivity index (χ3n) is 4.61. The second-order valence-electron chi connectivity index (χ2n) is 6.51. The Kier molecular flexibility index (Phi) is 4.45. The zero-order valence-electron chi connectivity index (χ0n) is 14.8. The quantitative estimate of drug-likeness (QED) is 0.734. The van der Waals surface area contributed by atoms with E-state index in [0.29, 0.717) is 24.7 Å². The first kappa shape index (κ1) is 17.0. The van der Waals surface area contributed by atoms with Crippen molar-refractivity contribution in [3.8, 4) is 11.4 Å². The summed E-state index contributed by atoms with van der Waals surface area (Å²) >= 11 is 0. The highest BCUT2D eigenvalue weighted by Gasteiger charge is 2.39. The zero-order valence-corrected chi connectivity index (χ0v) is 14.8. The van der Waals surface area contributed by atoms with E-state index in [4.69, 9.17) is 4.42 Å². The van der Waals surface area contributed by atoms with Crippen LogP contribution in [0.15, 0.2) is 53.1 Å². The van der Waals surface area contributed by atoms with E-state index in [1.54, 1.807) is 17.0 Å². The SMILES string of the molecule is CC(=O)N[C@@H]1CN(C(=O)c2ccco2)C[C@H]1c1nc(-c2ccccc2)n[nH]1. The molecule has 2 N–H and O–H groups in total. The molecule has 3 aromatic rings. The monoisotopic (exact) mass is 365 g/mol. The first-order valence-electron chi connectivity index (χ1n) is 8.69. The van der Waals surface area contributed by atoms with Crippen molar-refractivity contribution in [2.45, 2.75) is 18.9 Å². The summed E-state index contributed by atoms with van der Waals surface area (Å²) in [6.45, 7) is 2.25. The molecular weight excluding hydrogens is 346 g/mol. The molecule has 1 aliphatic rings. The van der Waals surface area contributed by atoms with Crippen LogP contribution < -0.4 is 5.32 Å². The molecule has 2 atom stereocenters. The average Bonchev–Trinajstić information content (AvgIpc) is 3.41. The maximum absolute atomic E-state index is 12.6. The van der Waals surface area contributed by atoms with Crippen LogP contribution in [0, 0.1) is 0 Å². The van der Waals surface area contributed by atoms with Gasteiger partial charge in [-0.2, -0.15) is 5.10 Å². The van der Waals surface area contributed by atoms with Gasteiger partial charge in [-0.25, -0.2) is 4.98 Å². The molecule has 0 unspecified atom stereocenters. The lowest BCUT2D eigenvalue weighted by molar-refractivity contribution is -0.119. The number of carbonyl (C=O) groups is 2. The summed E-state index contributed by atoms with van der Waals surface area (Å²) in [4.78, 5) is 30.5. The van der Waals surface area contributed by atoms with Gasteiger partial charge in [-0.05, 0) is 12.1 Å². The van der Waals surface area contributed by atoms with Gasteiger partial charge in [0.05, 0.1) is 18.2 Å². The van der Waals surface area contributed by atoms with Gasteiger partial charge in [-0.15, -0.1) is 0 Å².